The summed E-state index contributed by atoms with van der Waals surface area (Å²) in [4.78, 5) is 50.6. The lowest BCUT2D eigenvalue weighted by Crippen LogP contribution is -2.27. The zero-order valence-corrected chi connectivity index (χ0v) is 15.5. The Morgan fingerprint density at radius 1 is 0.871 bits per heavy atom. The van der Waals surface area contributed by atoms with Crippen molar-refractivity contribution in [3.05, 3.63) is 97.6 Å². The average molecular weight is 420 g/mol. The first-order valence-electron chi connectivity index (χ1n) is 8.80. The fourth-order valence-electron chi connectivity index (χ4n) is 3.31. The number of nitro benzene ring substituents is 2. The molecule has 0 atom stereocenters. The number of hydrogen-bond acceptors (Lipinski definition) is 9. The molecule has 4 rings (SSSR count). The fraction of sp³-hybridized carbons (Fsp3) is 0. The molecular weight excluding hydrogens is 408 g/mol. The molecule has 0 aromatic heterocycles. The largest absolute Gasteiger partial charge is 0.359 e. The summed E-state index contributed by atoms with van der Waals surface area (Å²) >= 11 is 0. The lowest BCUT2D eigenvalue weighted by atomic mass is 10.0. The predicted octanol–water partition coefficient (Wildman–Crippen LogP) is 3.40. The number of nitro groups is 2. The van der Waals surface area contributed by atoms with Gasteiger partial charge in [0.15, 0.2) is 5.78 Å². The van der Waals surface area contributed by atoms with E-state index in [0.29, 0.717) is 16.7 Å². The van der Waals surface area contributed by atoms with Crippen molar-refractivity contribution >= 4 is 28.8 Å². The fourth-order valence-corrected chi connectivity index (χ4v) is 3.31. The molecule has 0 saturated carbocycles. The first kappa shape index (κ1) is 19.7. The van der Waals surface area contributed by atoms with Crippen LogP contribution >= 0.6 is 0 Å². The molecule has 11 heteroatoms. The molecule has 1 aliphatic rings. The van der Waals surface area contributed by atoms with E-state index in [1.54, 1.807) is 36.4 Å². The van der Waals surface area contributed by atoms with Crippen LogP contribution in [0, 0.1) is 20.2 Å². The van der Waals surface area contributed by atoms with Crippen molar-refractivity contribution in [3.63, 3.8) is 0 Å². The van der Waals surface area contributed by atoms with E-state index in [4.69, 9.17) is 4.84 Å². The van der Waals surface area contributed by atoms with Crippen LogP contribution in [0.4, 0.5) is 17.1 Å². The zero-order valence-electron chi connectivity index (χ0n) is 15.5. The molecule has 0 unspecified atom stereocenters. The molecule has 0 amide bonds. The van der Waals surface area contributed by atoms with E-state index in [2.05, 4.69) is 11.0 Å². The van der Waals surface area contributed by atoms with E-state index >= 15 is 0 Å². The number of nitrogens with one attached hydrogen (secondary N) is 2. The van der Waals surface area contributed by atoms with Gasteiger partial charge < -0.3 is 4.84 Å². The summed E-state index contributed by atoms with van der Waals surface area (Å²) in [6.45, 7) is 0. The van der Waals surface area contributed by atoms with Crippen LogP contribution in [0.15, 0.2) is 60.7 Å². The standard InChI is InChI=1S/C20H12N4O7/c25-19-14-5-2-1-4-12(14)13-6-3-7-15(18(13)19)20(26)31-22-21-16-9-8-11(23(27)28)10-17(16)24(29)30/h1-10,21-22H. The smallest absolute Gasteiger partial charge is 0.346 e. The van der Waals surface area contributed by atoms with Crippen molar-refractivity contribution in [2.45, 2.75) is 0 Å². The van der Waals surface area contributed by atoms with Crippen LogP contribution in [0.1, 0.15) is 26.3 Å². The molecule has 2 N–H and O–H groups in total. The van der Waals surface area contributed by atoms with E-state index in [1.807, 2.05) is 0 Å². The molecular formula is C20H12N4O7. The van der Waals surface area contributed by atoms with Gasteiger partial charge in [0.05, 0.1) is 21.5 Å². The van der Waals surface area contributed by atoms with E-state index in [-0.39, 0.29) is 22.6 Å². The zero-order chi connectivity index (χ0) is 22.1. The Kier molecular flexibility index (Phi) is 4.85. The summed E-state index contributed by atoms with van der Waals surface area (Å²) in [5.41, 5.74) is 5.20. The minimum absolute atomic E-state index is 0.0196. The van der Waals surface area contributed by atoms with Gasteiger partial charge in [0.25, 0.3) is 5.69 Å². The van der Waals surface area contributed by atoms with Crippen molar-refractivity contribution < 1.29 is 24.3 Å². The maximum absolute atomic E-state index is 12.7. The molecule has 3 aromatic carbocycles. The number of ketones is 1. The summed E-state index contributed by atoms with van der Waals surface area (Å²) in [6.07, 6.45) is 0. The van der Waals surface area contributed by atoms with Gasteiger partial charge in [0.2, 0.25) is 0 Å². The second-order valence-corrected chi connectivity index (χ2v) is 6.44. The van der Waals surface area contributed by atoms with E-state index in [9.17, 15) is 29.8 Å². The molecule has 0 aliphatic heterocycles. The number of anilines is 1. The Bertz CT molecular complexity index is 1270. The number of rotatable bonds is 6. The molecule has 0 spiro atoms. The number of carbonyl (C=O) groups is 2. The van der Waals surface area contributed by atoms with Crippen LogP contribution in [-0.4, -0.2) is 21.6 Å². The first-order chi connectivity index (χ1) is 14.9. The van der Waals surface area contributed by atoms with Crippen LogP contribution in [0.25, 0.3) is 11.1 Å². The van der Waals surface area contributed by atoms with Gasteiger partial charge >= 0.3 is 11.7 Å². The van der Waals surface area contributed by atoms with Crippen molar-refractivity contribution in [3.8, 4) is 11.1 Å². The monoisotopic (exact) mass is 420 g/mol. The highest BCUT2D eigenvalue weighted by atomic mass is 16.7. The van der Waals surface area contributed by atoms with Gasteiger partial charge in [0, 0.05) is 17.2 Å². The maximum atomic E-state index is 12.7. The van der Waals surface area contributed by atoms with Crippen molar-refractivity contribution in [1.29, 1.82) is 0 Å². The van der Waals surface area contributed by atoms with Gasteiger partial charge in [0.1, 0.15) is 5.69 Å². The van der Waals surface area contributed by atoms with Gasteiger partial charge in [-0.1, -0.05) is 42.0 Å². The van der Waals surface area contributed by atoms with Crippen molar-refractivity contribution in [1.82, 2.24) is 5.59 Å². The third-order valence-corrected chi connectivity index (χ3v) is 4.69. The minimum Gasteiger partial charge on any atom is -0.346 e. The molecule has 0 radical (unpaired) electrons. The van der Waals surface area contributed by atoms with Crippen molar-refractivity contribution in [2.24, 2.45) is 0 Å². The molecule has 0 heterocycles. The third-order valence-electron chi connectivity index (χ3n) is 4.69. The number of nitrogens with zero attached hydrogens (tertiary/aromatic N) is 2. The normalized spacial score (nSPS) is 11.4. The van der Waals surface area contributed by atoms with Gasteiger partial charge in [-0.05, 0) is 23.3 Å². The summed E-state index contributed by atoms with van der Waals surface area (Å²) < 4.78 is 0. The molecule has 0 bridgehead atoms. The van der Waals surface area contributed by atoms with Crippen LogP contribution in [0.5, 0.6) is 0 Å². The van der Waals surface area contributed by atoms with Gasteiger partial charge in [-0.25, -0.2) is 4.79 Å². The highest BCUT2D eigenvalue weighted by Crippen LogP contribution is 2.38. The number of hydrogen-bond donors (Lipinski definition) is 2. The summed E-state index contributed by atoms with van der Waals surface area (Å²) in [5.74, 6) is -1.20. The van der Waals surface area contributed by atoms with Crippen LogP contribution in [0.2, 0.25) is 0 Å². The molecule has 31 heavy (non-hydrogen) atoms. The molecule has 3 aromatic rings. The number of hydrazine groups is 1. The molecule has 0 fully saturated rings. The second-order valence-electron chi connectivity index (χ2n) is 6.44. The number of carbonyl (C=O) groups excluding carboxylic acids is 2. The van der Waals surface area contributed by atoms with Crippen molar-refractivity contribution in [2.75, 3.05) is 5.43 Å². The molecule has 11 nitrogen and oxygen atoms in total. The highest BCUT2D eigenvalue weighted by Gasteiger charge is 2.31. The SMILES string of the molecule is O=C(ONNc1ccc([N+](=O)[O-])cc1[N+](=O)[O-])c1cccc2c1C(=O)c1ccccc1-2. The topological polar surface area (TPSA) is 154 Å². The Morgan fingerprint density at radius 2 is 1.58 bits per heavy atom. The second kappa shape index (κ2) is 7.65. The molecule has 1 aliphatic carbocycles. The lowest BCUT2D eigenvalue weighted by molar-refractivity contribution is -0.393. The average Bonchev–Trinajstić information content (AvgIpc) is 3.06. The van der Waals surface area contributed by atoms with Gasteiger partial charge in [-0.2, -0.15) is 0 Å². The van der Waals surface area contributed by atoms with Crippen LogP contribution < -0.4 is 11.0 Å². The quantitative estimate of drug-likeness (QED) is 0.353. The molecule has 0 saturated heterocycles. The molecule has 154 valence electrons. The summed E-state index contributed by atoms with van der Waals surface area (Å²) in [5, 5.41) is 22.0. The summed E-state index contributed by atoms with van der Waals surface area (Å²) in [6, 6.07) is 14.6. The minimum atomic E-state index is -0.893. The predicted molar refractivity (Wildman–Crippen MR) is 107 cm³/mol. The number of non-ortho nitro benzene ring substituents is 1. The maximum Gasteiger partial charge on any atom is 0.359 e. The third kappa shape index (κ3) is 3.45. The van der Waals surface area contributed by atoms with E-state index < -0.39 is 27.2 Å². The highest BCUT2D eigenvalue weighted by molar-refractivity contribution is 6.25. The Hall–Kier alpha value is -4.64. The van der Waals surface area contributed by atoms with Gasteiger partial charge in [-0.15, -0.1) is 0 Å². The summed E-state index contributed by atoms with van der Waals surface area (Å²) in [7, 11) is 0. The first-order valence-corrected chi connectivity index (χ1v) is 8.80. The Balaban J connectivity index is 1.53. The number of benzene rings is 3. The Labute approximate surface area is 173 Å². The van der Waals surface area contributed by atoms with E-state index in [0.717, 1.165) is 18.2 Å². The van der Waals surface area contributed by atoms with Crippen LogP contribution in [-0.2, 0) is 4.84 Å². The lowest BCUT2D eigenvalue weighted by Gasteiger charge is -2.10. The number of fused-ring (bicyclic) bond motifs is 3. The van der Waals surface area contributed by atoms with Crippen LogP contribution in [0.3, 0.4) is 0 Å². The van der Waals surface area contributed by atoms with E-state index in [1.165, 1.54) is 6.07 Å². The van der Waals surface area contributed by atoms with Gasteiger partial charge in [-0.3, -0.25) is 30.4 Å². The Morgan fingerprint density at radius 3 is 2.29 bits per heavy atom.